The van der Waals surface area contributed by atoms with Gasteiger partial charge in [0.2, 0.25) is 0 Å². The molecule has 2 N–H and O–H groups in total. The van der Waals surface area contributed by atoms with E-state index in [0.29, 0.717) is 0 Å². The zero-order valence-corrected chi connectivity index (χ0v) is 8.45. The number of aromatic amines is 1. The summed E-state index contributed by atoms with van der Waals surface area (Å²) in [5.74, 6) is 0. The number of aromatic nitrogens is 2. The minimum atomic E-state index is -1.92. The third-order valence-electron chi connectivity index (χ3n) is 2.49. The van der Waals surface area contributed by atoms with Crippen LogP contribution in [0.3, 0.4) is 0 Å². The molecule has 17 heavy (non-hydrogen) atoms. The Kier molecular flexibility index (Phi) is 2.90. The van der Waals surface area contributed by atoms with Crippen LogP contribution in [0, 0.1) is 0 Å². The molecule has 1 aliphatic rings. The van der Waals surface area contributed by atoms with Gasteiger partial charge < -0.3 is 14.6 Å². The average molecular weight is 244 g/mol. The summed E-state index contributed by atoms with van der Waals surface area (Å²) in [5, 5.41) is 9.32. The van der Waals surface area contributed by atoms with Gasteiger partial charge >= 0.3 is 5.69 Å². The monoisotopic (exact) mass is 244 g/mol. The third-order valence-corrected chi connectivity index (χ3v) is 2.49. The standard InChI is InChI=1S/C9H9FN2O5/c10-6-7(15)4(3-13)17-8(6)12-2-1-5(14)11-9(12)16/h1-4,6-8,15H,(H,11,14,16)/t4-,6-,7-,8-/m1/s1. The number of rotatable bonds is 2. The van der Waals surface area contributed by atoms with Crippen LogP contribution in [-0.4, -0.2) is 39.3 Å². The molecule has 0 aliphatic carbocycles. The Balaban J connectivity index is 2.38. The number of carbonyl (C=O) groups is 1. The Morgan fingerprint density at radius 2 is 2.24 bits per heavy atom. The molecular formula is C9H9FN2O5. The van der Waals surface area contributed by atoms with Gasteiger partial charge in [0.1, 0.15) is 12.2 Å². The summed E-state index contributed by atoms with van der Waals surface area (Å²) in [6, 6.07) is 1.01. The van der Waals surface area contributed by atoms with Gasteiger partial charge in [0.25, 0.3) is 5.56 Å². The molecule has 0 bridgehead atoms. The molecule has 8 heteroatoms. The quantitative estimate of drug-likeness (QED) is 0.606. The molecule has 0 spiro atoms. The van der Waals surface area contributed by atoms with Crippen molar-refractivity contribution in [3.8, 4) is 0 Å². The van der Waals surface area contributed by atoms with Gasteiger partial charge in [0, 0.05) is 12.3 Å². The molecule has 1 aromatic heterocycles. The summed E-state index contributed by atoms with van der Waals surface area (Å²) >= 11 is 0. The topological polar surface area (TPSA) is 101 Å². The van der Waals surface area contributed by atoms with Crippen LogP contribution in [0.25, 0.3) is 0 Å². The van der Waals surface area contributed by atoms with Gasteiger partial charge in [-0.25, -0.2) is 9.18 Å². The van der Waals surface area contributed by atoms with Crippen LogP contribution < -0.4 is 11.2 Å². The lowest BCUT2D eigenvalue weighted by atomic mass is 10.1. The number of aliphatic hydroxyl groups is 1. The van der Waals surface area contributed by atoms with Crippen LogP contribution in [0.5, 0.6) is 0 Å². The predicted octanol–water partition coefficient (Wildman–Crippen LogP) is -1.67. The molecule has 4 atom stereocenters. The van der Waals surface area contributed by atoms with E-state index in [1.165, 1.54) is 0 Å². The first-order chi connectivity index (χ1) is 8.04. The fraction of sp³-hybridized carbons (Fsp3) is 0.444. The molecule has 2 heterocycles. The van der Waals surface area contributed by atoms with E-state index in [1.807, 2.05) is 4.98 Å². The summed E-state index contributed by atoms with van der Waals surface area (Å²) in [4.78, 5) is 34.6. The van der Waals surface area contributed by atoms with E-state index in [0.717, 1.165) is 16.8 Å². The van der Waals surface area contributed by atoms with Gasteiger partial charge in [-0.2, -0.15) is 0 Å². The minimum absolute atomic E-state index is 0.258. The van der Waals surface area contributed by atoms with Crippen molar-refractivity contribution in [2.45, 2.75) is 24.6 Å². The molecule has 0 saturated carbocycles. The Morgan fingerprint density at radius 3 is 2.76 bits per heavy atom. The number of alkyl halides is 1. The van der Waals surface area contributed by atoms with E-state index in [4.69, 9.17) is 4.74 Å². The number of halogens is 1. The van der Waals surface area contributed by atoms with Gasteiger partial charge in [0.05, 0.1) is 0 Å². The maximum absolute atomic E-state index is 13.6. The highest BCUT2D eigenvalue weighted by Crippen LogP contribution is 2.29. The van der Waals surface area contributed by atoms with E-state index in [9.17, 15) is 23.9 Å². The largest absolute Gasteiger partial charge is 0.387 e. The fourth-order valence-corrected chi connectivity index (χ4v) is 1.63. The van der Waals surface area contributed by atoms with Crippen molar-refractivity contribution < 1.29 is 19.0 Å². The second kappa shape index (κ2) is 4.22. The summed E-state index contributed by atoms with van der Waals surface area (Å²) in [6.07, 6.45) is -5.00. The molecule has 1 aliphatic heterocycles. The van der Waals surface area contributed by atoms with Crippen molar-refractivity contribution >= 4 is 6.29 Å². The van der Waals surface area contributed by atoms with Gasteiger partial charge in [-0.1, -0.05) is 0 Å². The van der Waals surface area contributed by atoms with E-state index in [-0.39, 0.29) is 6.29 Å². The number of ether oxygens (including phenoxy) is 1. The van der Waals surface area contributed by atoms with Crippen LogP contribution in [-0.2, 0) is 9.53 Å². The van der Waals surface area contributed by atoms with Crippen LogP contribution in [0.4, 0.5) is 4.39 Å². The van der Waals surface area contributed by atoms with Crippen LogP contribution in [0.2, 0.25) is 0 Å². The van der Waals surface area contributed by atoms with Crippen LogP contribution >= 0.6 is 0 Å². The third kappa shape index (κ3) is 1.92. The lowest BCUT2D eigenvalue weighted by Crippen LogP contribution is -2.35. The second-order valence-corrected chi connectivity index (χ2v) is 3.58. The Hall–Kier alpha value is -1.80. The first-order valence-corrected chi connectivity index (χ1v) is 4.79. The normalized spacial score (nSPS) is 32.6. The highest BCUT2D eigenvalue weighted by atomic mass is 19.1. The number of H-pyrrole nitrogens is 1. The molecule has 1 saturated heterocycles. The maximum Gasteiger partial charge on any atom is 0.330 e. The van der Waals surface area contributed by atoms with E-state index >= 15 is 0 Å². The van der Waals surface area contributed by atoms with E-state index in [2.05, 4.69) is 0 Å². The SMILES string of the molecule is O=C[C@H]1O[C@@H](n2ccc(=O)[nH]c2=O)[C@H](F)[C@@H]1O. The van der Waals surface area contributed by atoms with Crippen molar-refractivity contribution in [3.05, 3.63) is 33.1 Å². The fourth-order valence-electron chi connectivity index (χ4n) is 1.63. The minimum Gasteiger partial charge on any atom is -0.387 e. The molecule has 2 rings (SSSR count). The predicted molar refractivity (Wildman–Crippen MR) is 52.2 cm³/mol. The highest BCUT2D eigenvalue weighted by molar-refractivity contribution is 5.58. The van der Waals surface area contributed by atoms with Crippen LogP contribution in [0.1, 0.15) is 6.23 Å². The lowest BCUT2D eigenvalue weighted by Gasteiger charge is -2.14. The number of nitrogens with one attached hydrogen (secondary N) is 1. The smallest absolute Gasteiger partial charge is 0.330 e. The first-order valence-electron chi connectivity index (χ1n) is 4.79. The summed E-state index contributed by atoms with van der Waals surface area (Å²) < 4.78 is 19.3. The van der Waals surface area contributed by atoms with Gasteiger partial charge in [-0.05, 0) is 0 Å². The van der Waals surface area contributed by atoms with Crippen molar-refractivity contribution in [2.24, 2.45) is 0 Å². The second-order valence-electron chi connectivity index (χ2n) is 3.58. The van der Waals surface area contributed by atoms with Crippen molar-refractivity contribution in [1.82, 2.24) is 9.55 Å². The lowest BCUT2D eigenvalue weighted by molar-refractivity contribution is -0.122. The number of carbonyl (C=O) groups excluding carboxylic acids is 1. The van der Waals surface area contributed by atoms with Gasteiger partial charge in [0.15, 0.2) is 18.7 Å². The Morgan fingerprint density at radius 1 is 1.53 bits per heavy atom. The molecule has 92 valence electrons. The first kappa shape index (κ1) is 11.7. The summed E-state index contributed by atoms with van der Waals surface area (Å²) in [7, 11) is 0. The molecule has 1 aromatic rings. The maximum atomic E-state index is 13.6. The van der Waals surface area contributed by atoms with Gasteiger partial charge in [-0.3, -0.25) is 14.3 Å². The van der Waals surface area contributed by atoms with E-state index < -0.39 is 35.9 Å². The molecule has 0 aromatic carbocycles. The average Bonchev–Trinajstić information content (AvgIpc) is 2.57. The Labute approximate surface area is 93.5 Å². The number of aliphatic hydroxyl groups excluding tert-OH is 1. The zero-order valence-electron chi connectivity index (χ0n) is 8.45. The summed E-state index contributed by atoms with van der Waals surface area (Å²) in [6.45, 7) is 0. The number of hydrogen-bond donors (Lipinski definition) is 2. The number of hydrogen-bond acceptors (Lipinski definition) is 5. The molecule has 0 unspecified atom stereocenters. The highest BCUT2D eigenvalue weighted by Gasteiger charge is 2.45. The van der Waals surface area contributed by atoms with E-state index in [1.54, 1.807) is 0 Å². The molecule has 0 amide bonds. The molecule has 0 radical (unpaired) electrons. The molecule has 7 nitrogen and oxygen atoms in total. The van der Waals surface area contributed by atoms with Crippen molar-refractivity contribution in [2.75, 3.05) is 0 Å². The van der Waals surface area contributed by atoms with Gasteiger partial charge in [-0.15, -0.1) is 0 Å². The molecule has 1 fully saturated rings. The molecular weight excluding hydrogens is 235 g/mol. The zero-order chi connectivity index (χ0) is 12.6. The van der Waals surface area contributed by atoms with Crippen LogP contribution in [0.15, 0.2) is 21.9 Å². The number of nitrogens with zero attached hydrogens (tertiary/aromatic N) is 1. The van der Waals surface area contributed by atoms with Crippen molar-refractivity contribution in [1.29, 1.82) is 0 Å². The van der Waals surface area contributed by atoms with Crippen molar-refractivity contribution in [3.63, 3.8) is 0 Å². The number of aldehydes is 1. The summed E-state index contributed by atoms with van der Waals surface area (Å²) in [5.41, 5.74) is -1.50. The Bertz CT molecular complexity index is 539.